The largest absolute Gasteiger partial charge is 0.438 e. The monoisotopic (exact) mass is 337 g/mol. The topological polar surface area (TPSA) is 100 Å². The molecule has 2 unspecified atom stereocenters. The Morgan fingerprint density at radius 3 is 2.76 bits per heavy atom. The molecule has 2 rings (SSSR count). The van der Waals surface area contributed by atoms with Gasteiger partial charge in [0, 0.05) is 12.1 Å². The summed E-state index contributed by atoms with van der Waals surface area (Å²) in [5.74, 6) is -0.403. The minimum atomic E-state index is -3.66. The lowest BCUT2D eigenvalue weighted by atomic mass is 10.00. The molecule has 0 aromatic carbocycles. The number of sulfonamides is 1. The highest BCUT2D eigenvalue weighted by Gasteiger charge is 2.25. The van der Waals surface area contributed by atoms with Crippen molar-refractivity contribution < 1.29 is 17.6 Å². The fraction of sp³-hybridized carbons (Fsp3) is 0.583. The molecule has 120 valence electrons. The summed E-state index contributed by atoms with van der Waals surface area (Å²) in [5.41, 5.74) is 0. The third-order valence-corrected chi connectivity index (χ3v) is 4.70. The van der Waals surface area contributed by atoms with Crippen molar-refractivity contribution in [3.05, 3.63) is 17.9 Å². The summed E-state index contributed by atoms with van der Waals surface area (Å²) in [5, 5.41) is 5.87. The third-order valence-electron chi connectivity index (χ3n) is 3.42. The first-order valence-electron chi connectivity index (χ1n) is 6.51. The molecule has 1 aliphatic rings. The van der Waals surface area contributed by atoms with E-state index in [1.807, 2.05) is 6.92 Å². The number of nitrogens with one attached hydrogen (secondary N) is 3. The zero-order chi connectivity index (χ0) is 14.8. The van der Waals surface area contributed by atoms with Crippen molar-refractivity contribution in [1.29, 1.82) is 0 Å². The van der Waals surface area contributed by atoms with E-state index in [4.69, 9.17) is 4.42 Å². The van der Waals surface area contributed by atoms with Crippen LogP contribution in [0.15, 0.2) is 21.6 Å². The average Bonchev–Trinajstić information content (AvgIpc) is 2.92. The van der Waals surface area contributed by atoms with Gasteiger partial charge >= 0.3 is 0 Å². The second-order valence-corrected chi connectivity index (χ2v) is 6.61. The molecule has 7 nitrogen and oxygen atoms in total. The van der Waals surface area contributed by atoms with Crippen molar-refractivity contribution in [1.82, 2.24) is 15.4 Å². The quantitative estimate of drug-likeness (QED) is 0.742. The molecule has 21 heavy (non-hydrogen) atoms. The van der Waals surface area contributed by atoms with Crippen LogP contribution in [0.2, 0.25) is 0 Å². The summed E-state index contributed by atoms with van der Waals surface area (Å²) < 4.78 is 30.3. The molecule has 1 saturated heterocycles. The molecule has 1 fully saturated rings. The number of rotatable bonds is 4. The first kappa shape index (κ1) is 18.0. The molecule has 2 heterocycles. The summed E-state index contributed by atoms with van der Waals surface area (Å²) in [6.45, 7) is 2.95. The number of carbonyl (C=O) groups excluding carboxylic acids is 1. The normalized spacial score (nSPS) is 22.4. The smallest absolute Gasteiger partial charge is 0.287 e. The molecular formula is C12H20ClN3O4S. The van der Waals surface area contributed by atoms with Gasteiger partial charge in [0.25, 0.3) is 15.9 Å². The lowest BCUT2D eigenvalue weighted by Crippen LogP contribution is -2.51. The van der Waals surface area contributed by atoms with Crippen molar-refractivity contribution in [2.24, 2.45) is 0 Å². The molecule has 0 spiro atoms. The highest BCUT2D eigenvalue weighted by atomic mass is 35.5. The Balaban J connectivity index is 0.00000220. The van der Waals surface area contributed by atoms with E-state index in [0.29, 0.717) is 0 Å². The fourth-order valence-corrected chi connectivity index (χ4v) is 2.82. The Bertz CT molecular complexity index is 587. The zero-order valence-corrected chi connectivity index (χ0v) is 13.5. The lowest BCUT2D eigenvalue weighted by molar-refractivity contribution is 0.0886. The lowest BCUT2D eigenvalue weighted by Gasteiger charge is -2.30. The van der Waals surface area contributed by atoms with Crippen LogP contribution in [0, 0.1) is 0 Å². The number of piperidine rings is 1. The number of amides is 1. The molecule has 1 amide bonds. The highest BCUT2D eigenvalue weighted by Crippen LogP contribution is 2.15. The van der Waals surface area contributed by atoms with Crippen molar-refractivity contribution >= 4 is 28.3 Å². The molecule has 2 atom stereocenters. The van der Waals surface area contributed by atoms with E-state index in [9.17, 15) is 13.2 Å². The van der Waals surface area contributed by atoms with E-state index in [-0.39, 0.29) is 35.3 Å². The molecule has 1 aromatic rings. The van der Waals surface area contributed by atoms with Crippen molar-refractivity contribution in [3.8, 4) is 0 Å². The predicted octanol–water partition coefficient (Wildman–Crippen LogP) is 0.480. The van der Waals surface area contributed by atoms with E-state index in [2.05, 4.69) is 15.4 Å². The number of hydrogen-bond acceptors (Lipinski definition) is 5. The molecule has 1 aromatic heterocycles. The van der Waals surface area contributed by atoms with E-state index < -0.39 is 15.9 Å². The van der Waals surface area contributed by atoms with Crippen molar-refractivity contribution in [2.75, 3.05) is 13.6 Å². The summed E-state index contributed by atoms with van der Waals surface area (Å²) in [6.07, 6.45) is 1.88. The van der Waals surface area contributed by atoms with E-state index >= 15 is 0 Å². The van der Waals surface area contributed by atoms with Gasteiger partial charge in [-0.25, -0.2) is 13.1 Å². The number of furan rings is 1. The second kappa shape index (κ2) is 7.26. The van der Waals surface area contributed by atoms with Gasteiger partial charge in [0.05, 0.1) is 0 Å². The summed E-state index contributed by atoms with van der Waals surface area (Å²) in [6, 6.07) is 2.83. The van der Waals surface area contributed by atoms with Gasteiger partial charge < -0.3 is 15.1 Å². The molecule has 1 aliphatic heterocycles. The maximum atomic E-state index is 12.0. The Kier molecular flexibility index (Phi) is 6.21. The standard InChI is InChI=1S/C12H19N3O4S.ClH/c1-8-9(4-3-7-14-8)15-12(16)10-5-6-11(19-10)20(17,18)13-2;/h5-6,8-9,13-14H,3-4,7H2,1-2H3,(H,15,16);1H. The van der Waals surface area contributed by atoms with Crippen LogP contribution in [-0.4, -0.2) is 40.0 Å². The number of hydrogen-bond donors (Lipinski definition) is 3. The van der Waals surface area contributed by atoms with Gasteiger partial charge in [-0.3, -0.25) is 4.79 Å². The van der Waals surface area contributed by atoms with Crippen LogP contribution < -0.4 is 15.4 Å². The van der Waals surface area contributed by atoms with Crippen LogP contribution in [0.5, 0.6) is 0 Å². The van der Waals surface area contributed by atoms with Crippen molar-refractivity contribution in [3.63, 3.8) is 0 Å². The van der Waals surface area contributed by atoms with Gasteiger partial charge in [-0.05, 0) is 45.5 Å². The van der Waals surface area contributed by atoms with Crippen LogP contribution in [0.4, 0.5) is 0 Å². The Hall–Kier alpha value is -1.09. The van der Waals surface area contributed by atoms with Crippen molar-refractivity contribution in [2.45, 2.75) is 36.9 Å². The fourth-order valence-electron chi connectivity index (χ4n) is 2.17. The SMILES string of the molecule is CNS(=O)(=O)c1ccc(C(=O)NC2CCCNC2C)o1.Cl. The van der Waals surface area contributed by atoms with Gasteiger partial charge in [0.1, 0.15) is 0 Å². The maximum Gasteiger partial charge on any atom is 0.287 e. The molecule has 0 bridgehead atoms. The van der Waals surface area contributed by atoms with Crippen LogP contribution in [-0.2, 0) is 10.0 Å². The maximum absolute atomic E-state index is 12.0. The first-order chi connectivity index (χ1) is 9.44. The van der Waals surface area contributed by atoms with E-state index in [1.165, 1.54) is 19.2 Å². The Morgan fingerprint density at radius 1 is 1.43 bits per heavy atom. The molecule has 9 heteroatoms. The second-order valence-electron chi connectivity index (χ2n) is 4.79. The molecule has 3 N–H and O–H groups in total. The van der Waals surface area contributed by atoms with Gasteiger partial charge in [0.15, 0.2) is 5.76 Å². The Labute approximate surface area is 130 Å². The average molecular weight is 338 g/mol. The highest BCUT2D eigenvalue weighted by molar-refractivity contribution is 7.89. The Morgan fingerprint density at radius 2 is 2.14 bits per heavy atom. The molecule has 0 saturated carbocycles. The molecular weight excluding hydrogens is 318 g/mol. The summed E-state index contributed by atoms with van der Waals surface area (Å²) >= 11 is 0. The summed E-state index contributed by atoms with van der Waals surface area (Å²) in [4.78, 5) is 12.0. The van der Waals surface area contributed by atoms with E-state index in [1.54, 1.807) is 0 Å². The first-order valence-corrected chi connectivity index (χ1v) is 8.00. The zero-order valence-electron chi connectivity index (χ0n) is 11.9. The minimum Gasteiger partial charge on any atom is -0.438 e. The van der Waals surface area contributed by atoms with Crippen LogP contribution in [0.1, 0.15) is 30.3 Å². The van der Waals surface area contributed by atoms with Crippen LogP contribution in [0.3, 0.4) is 0 Å². The van der Waals surface area contributed by atoms with Gasteiger partial charge in [-0.15, -0.1) is 12.4 Å². The predicted molar refractivity (Wildman–Crippen MR) is 80.2 cm³/mol. The number of halogens is 1. The third kappa shape index (κ3) is 4.19. The van der Waals surface area contributed by atoms with Gasteiger partial charge in [-0.2, -0.15) is 0 Å². The van der Waals surface area contributed by atoms with Gasteiger partial charge in [-0.1, -0.05) is 0 Å². The number of carbonyl (C=O) groups is 1. The van der Waals surface area contributed by atoms with E-state index in [0.717, 1.165) is 19.4 Å². The van der Waals surface area contributed by atoms with Gasteiger partial charge in [0.2, 0.25) is 5.09 Å². The summed E-state index contributed by atoms with van der Waals surface area (Å²) in [7, 11) is -2.38. The van der Waals surface area contributed by atoms with Crippen LogP contribution in [0.25, 0.3) is 0 Å². The van der Waals surface area contributed by atoms with Crippen LogP contribution >= 0.6 is 12.4 Å². The molecule has 0 aliphatic carbocycles. The minimum absolute atomic E-state index is 0. The molecule has 0 radical (unpaired) electrons.